The van der Waals surface area contributed by atoms with Gasteiger partial charge in [0.25, 0.3) is 11.8 Å². The summed E-state index contributed by atoms with van der Waals surface area (Å²) in [6, 6.07) is 15.2. The second-order valence-electron chi connectivity index (χ2n) is 7.73. The molecule has 0 aliphatic carbocycles. The number of carboxylic acids is 1. The highest BCUT2D eigenvalue weighted by atomic mass is 127. The number of nitrogens with one attached hydrogen (secondary N) is 1. The normalized spacial score (nSPS) is 14.5. The third kappa shape index (κ3) is 5.62. The summed E-state index contributed by atoms with van der Waals surface area (Å²) >= 11 is 7.16. The lowest BCUT2D eigenvalue weighted by molar-refractivity contribution is -0.122. The Morgan fingerprint density at radius 2 is 1.86 bits per heavy atom. The van der Waals surface area contributed by atoms with E-state index in [0.717, 1.165) is 10.5 Å². The van der Waals surface area contributed by atoms with Crippen LogP contribution >= 0.6 is 34.8 Å². The largest absolute Gasteiger partial charge is 0.493 e. The predicted molar refractivity (Wildman–Crippen MR) is 146 cm³/mol. The Hall–Kier alpha value is -3.84. The summed E-state index contributed by atoms with van der Waals surface area (Å²) < 4.78 is 26.4. The summed E-state index contributed by atoms with van der Waals surface area (Å²) in [6.45, 7) is 0.155. The zero-order valence-electron chi connectivity index (χ0n) is 19.2. The van der Waals surface area contributed by atoms with Gasteiger partial charge >= 0.3 is 5.97 Å². The third-order valence-electron chi connectivity index (χ3n) is 5.34. The first-order chi connectivity index (χ1) is 17.7. The molecule has 1 fully saturated rings. The van der Waals surface area contributed by atoms with Crippen molar-refractivity contribution in [2.45, 2.75) is 6.61 Å². The Labute approximate surface area is 229 Å². The van der Waals surface area contributed by atoms with Gasteiger partial charge in [-0.1, -0.05) is 24.3 Å². The van der Waals surface area contributed by atoms with Crippen LogP contribution in [0.15, 0.2) is 66.2 Å². The van der Waals surface area contributed by atoms with Gasteiger partial charge in [-0.05, 0) is 88.4 Å². The molecule has 0 atom stereocenters. The Kier molecular flexibility index (Phi) is 7.83. The van der Waals surface area contributed by atoms with E-state index < -0.39 is 23.6 Å². The molecule has 3 aromatic carbocycles. The van der Waals surface area contributed by atoms with Crippen molar-refractivity contribution in [2.75, 3.05) is 12.0 Å². The molecular formula is C26H18FIN2O6S. The molecule has 188 valence electrons. The van der Waals surface area contributed by atoms with Gasteiger partial charge in [-0.15, -0.1) is 0 Å². The van der Waals surface area contributed by atoms with Crippen molar-refractivity contribution in [1.82, 2.24) is 5.32 Å². The molecule has 0 unspecified atom stereocenters. The maximum Gasteiger partial charge on any atom is 0.335 e. The van der Waals surface area contributed by atoms with E-state index in [9.17, 15) is 18.8 Å². The van der Waals surface area contributed by atoms with Crippen molar-refractivity contribution in [2.24, 2.45) is 0 Å². The first kappa shape index (κ1) is 26.2. The van der Waals surface area contributed by atoms with Crippen LogP contribution in [0, 0.1) is 9.39 Å². The number of anilines is 1. The van der Waals surface area contributed by atoms with Crippen molar-refractivity contribution >= 4 is 69.5 Å². The smallest absolute Gasteiger partial charge is 0.335 e. The van der Waals surface area contributed by atoms with Crippen LogP contribution in [0.1, 0.15) is 21.5 Å². The summed E-state index contributed by atoms with van der Waals surface area (Å²) in [5.74, 6) is -2.37. The minimum Gasteiger partial charge on any atom is -0.493 e. The monoisotopic (exact) mass is 632 g/mol. The molecule has 4 rings (SSSR count). The standard InChI is InChI=1S/C26H18FIN2O6S/c1-35-21-12-15(11-19(28)22(21)36-13-14-6-8-16(9-7-14)25(33)34)10-17-23(31)29-26(37)30(24(17)32)20-5-3-2-4-18(20)27/h2-12H,13H2,1H3,(H,33,34)(H,29,31,37)/b17-10+. The van der Waals surface area contributed by atoms with E-state index >= 15 is 0 Å². The topological polar surface area (TPSA) is 105 Å². The summed E-state index contributed by atoms with van der Waals surface area (Å²) in [4.78, 5) is 37.8. The van der Waals surface area contributed by atoms with Crippen LogP contribution in [-0.2, 0) is 16.2 Å². The highest BCUT2D eigenvalue weighted by Crippen LogP contribution is 2.35. The first-order valence-electron chi connectivity index (χ1n) is 10.7. The van der Waals surface area contributed by atoms with Gasteiger partial charge in [-0.25, -0.2) is 14.1 Å². The summed E-state index contributed by atoms with van der Waals surface area (Å²) in [5.41, 5.74) is 1.09. The second kappa shape index (κ2) is 11.0. The third-order valence-corrected chi connectivity index (χ3v) is 6.43. The lowest BCUT2D eigenvalue weighted by Gasteiger charge is -2.29. The Balaban J connectivity index is 1.62. The van der Waals surface area contributed by atoms with Crippen LogP contribution in [0.25, 0.3) is 6.08 Å². The number of thiocarbonyl (C=S) groups is 1. The lowest BCUT2D eigenvalue weighted by atomic mass is 10.1. The number of nitrogens with zero attached hydrogens (tertiary/aromatic N) is 1. The number of benzene rings is 3. The molecule has 1 aliphatic heterocycles. The van der Waals surface area contributed by atoms with Crippen LogP contribution in [0.5, 0.6) is 11.5 Å². The van der Waals surface area contributed by atoms with E-state index in [-0.39, 0.29) is 28.5 Å². The molecule has 8 nitrogen and oxygen atoms in total. The van der Waals surface area contributed by atoms with Crippen LogP contribution in [0.3, 0.4) is 0 Å². The van der Waals surface area contributed by atoms with Crippen molar-refractivity contribution in [3.63, 3.8) is 0 Å². The maximum atomic E-state index is 14.4. The quantitative estimate of drug-likeness (QED) is 0.171. The number of amides is 2. The van der Waals surface area contributed by atoms with E-state index in [2.05, 4.69) is 5.32 Å². The highest BCUT2D eigenvalue weighted by Gasteiger charge is 2.35. The number of methoxy groups -OCH3 is 1. The maximum absolute atomic E-state index is 14.4. The number of aromatic carboxylic acids is 1. The average molecular weight is 632 g/mol. The van der Waals surface area contributed by atoms with Gasteiger partial charge in [0, 0.05) is 0 Å². The second-order valence-corrected chi connectivity index (χ2v) is 9.28. The number of carbonyl (C=O) groups is 3. The molecule has 2 N–H and O–H groups in total. The fourth-order valence-electron chi connectivity index (χ4n) is 3.54. The van der Waals surface area contributed by atoms with Crippen LogP contribution < -0.4 is 19.7 Å². The molecule has 0 radical (unpaired) electrons. The number of rotatable bonds is 7. The number of ether oxygens (including phenoxy) is 2. The average Bonchev–Trinajstić information content (AvgIpc) is 2.87. The van der Waals surface area contributed by atoms with Crippen LogP contribution in [0.2, 0.25) is 0 Å². The zero-order valence-corrected chi connectivity index (χ0v) is 22.1. The number of carbonyl (C=O) groups excluding carboxylic acids is 2. The van der Waals surface area contributed by atoms with E-state index in [0.29, 0.717) is 20.6 Å². The van der Waals surface area contributed by atoms with E-state index in [1.165, 1.54) is 43.5 Å². The van der Waals surface area contributed by atoms with Crippen molar-refractivity contribution in [3.8, 4) is 11.5 Å². The van der Waals surface area contributed by atoms with Gasteiger partial charge in [0.2, 0.25) is 0 Å². The predicted octanol–water partition coefficient (Wildman–Crippen LogP) is 4.55. The van der Waals surface area contributed by atoms with Gasteiger partial charge in [0.05, 0.1) is 21.9 Å². The minimum atomic E-state index is -1.02. The van der Waals surface area contributed by atoms with Crippen molar-refractivity contribution in [3.05, 3.63) is 92.3 Å². The molecule has 0 bridgehead atoms. The van der Waals surface area contributed by atoms with E-state index in [1.807, 2.05) is 22.6 Å². The molecule has 1 aliphatic rings. The molecule has 0 aromatic heterocycles. The lowest BCUT2D eigenvalue weighted by Crippen LogP contribution is -2.54. The fourth-order valence-corrected chi connectivity index (χ4v) is 4.59. The number of hydrogen-bond donors (Lipinski definition) is 2. The summed E-state index contributed by atoms with van der Waals surface area (Å²) in [7, 11) is 1.45. The summed E-state index contributed by atoms with van der Waals surface area (Å²) in [5, 5.41) is 11.2. The van der Waals surface area contributed by atoms with Crippen molar-refractivity contribution < 1.29 is 33.4 Å². The molecule has 0 saturated carbocycles. The van der Waals surface area contributed by atoms with Gasteiger partial charge in [-0.2, -0.15) is 0 Å². The number of halogens is 2. The van der Waals surface area contributed by atoms with Crippen LogP contribution in [0.4, 0.5) is 10.1 Å². The van der Waals surface area contributed by atoms with Gasteiger partial charge < -0.3 is 14.6 Å². The van der Waals surface area contributed by atoms with Crippen molar-refractivity contribution in [1.29, 1.82) is 0 Å². The SMILES string of the molecule is COc1cc(/C=C2\C(=O)NC(=S)N(c3ccccc3F)C2=O)cc(I)c1OCc1ccc(C(=O)O)cc1. The van der Waals surface area contributed by atoms with Gasteiger partial charge in [0.1, 0.15) is 18.0 Å². The number of para-hydroxylation sites is 1. The minimum absolute atomic E-state index is 0.0734. The number of hydrogen-bond acceptors (Lipinski definition) is 6. The summed E-state index contributed by atoms with van der Waals surface area (Å²) in [6.07, 6.45) is 1.37. The first-order valence-corrected chi connectivity index (χ1v) is 12.2. The van der Waals surface area contributed by atoms with Gasteiger partial charge in [0.15, 0.2) is 16.6 Å². The van der Waals surface area contributed by atoms with E-state index in [4.69, 9.17) is 26.8 Å². The van der Waals surface area contributed by atoms with E-state index in [1.54, 1.807) is 30.3 Å². The molecule has 11 heteroatoms. The van der Waals surface area contributed by atoms with Gasteiger partial charge in [-0.3, -0.25) is 14.9 Å². The molecule has 37 heavy (non-hydrogen) atoms. The highest BCUT2D eigenvalue weighted by molar-refractivity contribution is 14.1. The molecule has 2 amide bonds. The molecule has 1 saturated heterocycles. The number of carboxylic acid groups (broad SMARTS) is 1. The van der Waals surface area contributed by atoms with Crippen LogP contribution in [-0.4, -0.2) is 35.1 Å². The zero-order chi connectivity index (χ0) is 26.7. The molecular weight excluding hydrogens is 614 g/mol. The molecule has 3 aromatic rings. The fraction of sp³-hybridized carbons (Fsp3) is 0.0769. The molecule has 1 heterocycles. The Morgan fingerprint density at radius 1 is 1.16 bits per heavy atom. The molecule has 0 spiro atoms. The Bertz CT molecular complexity index is 1460. The Morgan fingerprint density at radius 3 is 2.51 bits per heavy atom.